The van der Waals surface area contributed by atoms with E-state index in [1.54, 1.807) is 26.0 Å². The van der Waals surface area contributed by atoms with E-state index in [1.165, 1.54) is 12.2 Å². The van der Waals surface area contributed by atoms with Crippen LogP contribution in [0.1, 0.15) is 19.6 Å². The first-order valence-corrected chi connectivity index (χ1v) is 6.16. The molecule has 0 bridgehead atoms. The number of hydrogen-bond donors (Lipinski definition) is 2. The molecule has 1 aromatic rings. The summed E-state index contributed by atoms with van der Waals surface area (Å²) in [6.07, 6.45) is 2.81. The van der Waals surface area contributed by atoms with Gasteiger partial charge in [-0.05, 0) is 48.0 Å². The molecular formula is C12H14BrNO4. The maximum absolute atomic E-state index is 11.5. The Morgan fingerprint density at radius 1 is 1.44 bits per heavy atom. The van der Waals surface area contributed by atoms with Gasteiger partial charge in [-0.3, -0.25) is 9.59 Å². The van der Waals surface area contributed by atoms with E-state index in [2.05, 4.69) is 21.2 Å². The average Bonchev–Trinajstić information content (AvgIpc) is 2.71. The average molecular weight is 316 g/mol. The summed E-state index contributed by atoms with van der Waals surface area (Å²) in [6, 6.07) is 2.98. The minimum absolute atomic E-state index is 0.358. The quantitative estimate of drug-likeness (QED) is 0.817. The smallest absolute Gasteiger partial charge is 0.308 e. The Bertz CT molecular complexity index is 466. The predicted octanol–water partition coefficient (Wildman–Crippen LogP) is 2.28. The van der Waals surface area contributed by atoms with Crippen LogP contribution in [0.25, 0.3) is 6.08 Å². The van der Waals surface area contributed by atoms with Crippen molar-refractivity contribution in [3.8, 4) is 0 Å². The van der Waals surface area contributed by atoms with Crippen molar-refractivity contribution in [3.63, 3.8) is 0 Å². The van der Waals surface area contributed by atoms with Crippen LogP contribution in [0.4, 0.5) is 0 Å². The zero-order valence-corrected chi connectivity index (χ0v) is 11.6. The summed E-state index contributed by atoms with van der Waals surface area (Å²) in [4.78, 5) is 22.2. The molecule has 1 rings (SSSR count). The monoisotopic (exact) mass is 315 g/mol. The molecule has 0 fully saturated rings. The van der Waals surface area contributed by atoms with Crippen LogP contribution in [0, 0.1) is 5.92 Å². The molecule has 0 aliphatic heterocycles. The third kappa shape index (κ3) is 4.37. The van der Waals surface area contributed by atoms with E-state index in [0.29, 0.717) is 10.4 Å². The highest BCUT2D eigenvalue weighted by Gasteiger charge is 2.19. The van der Waals surface area contributed by atoms with Gasteiger partial charge in [-0.15, -0.1) is 0 Å². The van der Waals surface area contributed by atoms with Gasteiger partial charge >= 0.3 is 5.97 Å². The topological polar surface area (TPSA) is 79.5 Å². The highest BCUT2D eigenvalue weighted by molar-refractivity contribution is 9.10. The Balaban J connectivity index is 2.51. The Kier molecular flexibility index (Phi) is 5.15. The summed E-state index contributed by atoms with van der Waals surface area (Å²) >= 11 is 3.15. The van der Waals surface area contributed by atoms with Crippen molar-refractivity contribution in [2.75, 3.05) is 0 Å². The number of hydrogen-bond acceptors (Lipinski definition) is 3. The van der Waals surface area contributed by atoms with Crippen molar-refractivity contribution >= 4 is 33.9 Å². The van der Waals surface area contributed by atoms with Gasteiger partial charge in [0, 0.05) is 12.1 Å². The number of amides is 1. The Morgan fingerprint density at radius 2 is 2.11 bits per heavy atom. The molecule has 18 heavy (non-hydrogen) atoms. The summed E-state index contributed by atoms with van der Waals surface area (Å²) in [7, 11) is 0. The molecule has 0 saturated heterocycles. The van der Waals surface area contributed by atoms with Crippen LogP contribution < -0.4 is 5.32 Å². The molecule has 0 radical (unpaired) electrons. The van der Waals surface area contributed by atoms with Crippen molar-refractivity contribution in [1.29, 1.82) is 0 Å². The molecule has 1 aromatic heterocycles. The fourth-order valence-corrected chi connectivity index (χ4v) is 1.51. The lowest BCUT2D eigenvalue weighted by molar-refractivity contribution is -0.142. The molecular weight excluding hydrogens is 302 g/mol. The lowest BCUT2D eigenvalue weighted by Crippen LogP contribution is -2.39. The van der Waals surface area contributed by atoms with Gasteiger partial charge in [-0.25, -0.2) is 0 Å². The first kappa shape index (κ1) is 14.5. The zero-order valence-electron chi connectivity index (χ0n) is 10.0. The molecule has 0 aliphatic rings. The van der Waals surface area contributed by atoms with Crippen LogP contribution in [0.3, 0.4) is 0 Å². The summed E-state index contributed by atoms with van der Waals surface area (Å²) in [6.45, 7) is 3.19. The summed E-state index contributed by atoms with van der Waals surface area (Å²) in [5.74, 6) is -1.40. The van der Waals surface area contributed by atoms with Crippen LogP contribution >= 0.6 is 15.9 Å². The third-order valence-corrected chi connectivity index (χ3v) is 2.93. The fraction of sp³-hybridized carbons (Fsp3) is 0.333. The van der Waals surface area contributed by atoms with Crippen molar-refractivity contribution in [1.82, 2.24) is 5.32 Å². The van der Waals surface area contributed by atoms with Gasteiger partial charge in [0.15, 0.2) is 4.67 Å². The van der Waals surface area contributed by atoms with E-state index < -0.39 is 17.9 Å². The van der Waals surface area contributed by atoms with E-state index in [-0.39, 0.29) is 5.91 Å². The molecule has 0 saturated carbocycles. The number of nitrogens with one attached hydrogen (secondary N) is 1. The first-order chi connectivity index (χ1) is 8.40. The molecule has 0 spiro atoms. The van der Waals surface area contributed by atoms with E-state index in [0.717, 1.165) is 0 Å². The lowest BCUT2D eigenvalue weighted by atomic mass is 10.0. The number of carbonyl (C=O) groups excluding carboxylic acids is 1. The van der Waals surface area contributed by atoms with Gasteiger partial charge in [-0.1, -0.05) is 0 Å². The number of aliphatic carboxylic acids is 1. The summed E-state index contributed by atoms with van der Waals surface area (Å²) < 4.78 is 5.76. The third-order valence-electron chi connectivity index (χ3n) is 2.50. The van der Waals surface area contributed by atoms with E-state index in [9.17, 15) is 9.59 Å². The van der Waals surface area contributed by atoms with Gasteiger partial charge in [0.2, 0.25) is 5.91 Å². The standard InChI is InChI=1S/C12H14BrNO4/c1-7(12(16)17)8(2)14-11(15)6-4-9-3-5-10(13)18-9/h3-8H,1-2H3,(H,14,15)(H,16,17)/b6-4+. The van der Waals surface area contributed by atoms with Crippen molar-refractivity contribution in [3.05, 3.63) is 28.6 Å². The largest absolute Gasteiger partial charge is 0.481 e. The second-order valence-electron chi connectivity index (χ2n) is 3.90. The molecule has 2 unspecified atom stereocenters. The van der Waals surface area contributed by atoms with Gasteiger partial charge in [0.05, 0.1) is 5.92 Å². The van der Waals surface area contributed by atoms with Crippen molar-refractivity contribution < 1.29 is 19.1 Å². The zero-order chi connectivity index (χ0) is 13.7. The number of rotatable bonds is 5. The predicted molar refractivity (Wildman–Crippen MR) is 69.8 cm³/mol. The highest BCUT2D eigenvalue weighted by Crippen LogP contribution is 2.14. The molecule has 98 valence electrons. The fourth-order valence-electron chi connectivity index (χ4n) is 1.19. The van der Waals surface area contributed by atoms with Gasteiger partial charge in [0.1, 0.15) is 5.76 Å². The van der Waals surface area contributed by atoms with Crippen LogP contribution in [-0.2, 0) is 9.59 Å². The molecule has 2 N–H and O–H groups in total. The van der Waals surface area contributed by atoms with Gasteiger partial charge in [-0.2, -0.15) is 0 Å². The Hall–Kier alpha value is -1.56. The SMILES string of the molecule is CC(NC(=O)/C=C/c1ccc(Br)o1)C(C)C(=O)O. The first-order valence-electron chi connectivity index (χ1n) is 5.37. The van der Waals surface area contributed by atoms with Gasteiger partial charge in [0.25, 0.3) is 0 Å². The van der Waals surface area contributed by atoms with Crippen LogP contribution in [0.15, 0.2) is 27.3 Å². The van der Waals surface area contributed by atoms with E-state index >= 15 is 0 Å². The summed E-state index contributed by atoms with van der Waals surface area (Å²) in [5.41, 5.74) is 0. The van der Waals surface area contributed by atoms with Crippen molar-refractivity contribution in [2.45, 2.75) is 19.9 Å². The number of furan rings is 1. The summed E-state index contributed by atoms with van der Waals surface area (Å²) in [5, 5.41) is 11.4. The molecule has 1 amide bonds. The minimum Gasteiger partial charge on any atom is -0.481 e. The normalized spacial score (nSPS) is 14.4. The second kappa shape index (κ2) is 6.39. The molecule has 2 atom stereocenters. The Labute approximate surface area is 113 Å². The molecule has 5 nitrogen and oxygen atoms in total. The second-order valence-corrected chi connectivity index (χ2v) is 4.68. The van der Waals surface area contributed by atoms with E-state index in [1.807, 2.05) is 0 Å². The Morgan fingerprint density at radius 3 is 2.61 bits per heavy atom. The maximum atomic E-state index is 11.5. The van der Waals surface area contributed by atoms with Crippen LogP contribution in [-0.4, -0.2) is 23.0 Å². The maximum Gasteiger partial charge on any atom is 0.308 e. The van der Waals surface area contributed by atoms with Crippen molar-refractivity contribution in [2.24, 2.45) is 5.92 Å². The van der Waals surface area contributed by atoms with Crippen LogP contribution in [0.5, 0.6) is 0 Å². The molecule has 0 aromatic carbocycles. The highest BCUT2D eigenvalue weighted by atomic mass is 79.9. The lowest BCUT2D eigenvalue weighted by Gasteiger charge is -2.16. The van der Waals surface area contributed by atoms with E-state index in [4.69, 9.17) is 9.52 Å². The molecule has 0 aliphatic carbocycles. The molecule has 6 heteroatoms. The number of halogens is 1. The number of carbonyl (C=O) groups is 2. The minimum atomic E-state index is -0.943. The number of carboxylic acids is 1. The number of carboxylic acid groups (broad SMARTS) is 1. The van der Waals surface area contributed by atoms with Gasteiger partial charge < -0.3 is 14.8 Å². The molecule has 1 heterocycles. The van der Waals surface area contributed by atoms with Crippen LogP contribution in [0.2, 0.25) is 0 Å².